The molecule has 0 spiro atoms. The molecule has 2 nitrogen and oxygen atoms in total. The molecule has 14 heavy (non-hydrogen) atoms. The topological polar surface area (TPSA) is 29.1 Å². The molecule has 0 aromatic rings. The predicted molar refractivity (Wildman–Crippen MR) is 61.1 cm³/mol. The lowest BCUT2D eigenvalue weighted by Crippen LogP contribution is -2.40. The van der Waals surface area contributed by atoms with Crippen molar-refractivity contribution in [2.45, 2.75) is 53.0 Å². The Morgan fingerprint density at radius 1 is 1.29 bits per heavy atom. The Labute approximate surface area is 87.8 Å². The van der Waals surface area contributed by atoms with Gasteiger partial charge in [-0.25, -0.2) is 0 Å². The summed E-state index contributed by atoms with van der Waals surface area (Å²) in [6.07, 6.45) is 3.31. The lowest BCUT2D eigenvalue weighted by molar-refractivity contribution is -0.122. The van der Waals surface area contributed by atoms with Crippen LogP contribution in [-0.4, -0.2) is 11.4 Å². The highest BCUT2D eigenvalue weighted by atomic mass is 16.1. The Morgan fingerprint density at radius 3 is 2.14 bits per heavy atom. The van der Waals surface area contributed by atoms with Crippen LogP contribution < -0.4 is 5.32 Å². The molecule has 2 heteroatoms. The average Bonchev–Trinajstić information content (AvgIpc) is 1.98. The summed E-state index contributed by atoms with van der Waals surface area (Å²) in [7, 11) is 0. The van der Waals surface area contributed by atoms with Crippen LogP contribution in [0.4, 0.5) is 0 Å². The van der Waals surface area contributed by atoms with Crippen LogP contribution in [0.5, 0.6) is 0 Å². The van der Waals surface area contributed by atoms with E-state index in [1.165, 1.54) is 0 Å². The van der Waals surface area contributed by atoms with Gasteiger partial charge in [-0.15, -0.1) is 6.58 Å². The molecular weight excluding hydrogens is 174 g/mol. The second-order valence-corrected chi connectivity index (χ2v) is 5.49. The molecule has 0 saturated heterocycles. The molecule has 0 rings (SSSR count). The zero-order valence-corrected chi connectivity index (χ0v) is 10.1. The van der Waals surface area contributed by atoms with Gasteiger partial charge in [-0.3, -0.25) is 4.79 Å². The van der Waals surface area contributed by atoms with E-state index >= 15 is 0 Å². The molecule has 0 radical (unpaired) electrons. The first kappa shape index (κ1) is 13.2. The molecule has 0 aromatic heterocycles. The molecule has 0 unspecified atom stereocenters. The number of nitrogens with one attached hydrogen (secondary N) is 1. The number of carbonyl (C=O) groups is 1. The normalized spacial score (nSPS) is 12.4. The maximum atomic E-state index is 11.5. The molecule has 0 fully saturated rings. The van der Waals surface area contributed by atoms with Gasteiger partial charge in [0.15, 0.2) is 0 Å². The minimum absolute atomic E-state index is 0.0508. The molecule has 0 bridgehead atoms. The summed E-state index contributed by atoms with van der Waals surface area (Å²) in [5.74, 6) is 0.118. The van der Waals surface area contributed by atoms with Crippen molar-refractivity contribution in [3.8, 4) is 0 Å². The van der Waals surface area contributed by atoms with E-state index in [0.29, 0.717) is 6.42 Å². The van der Waals surface area contributed by atoms with Gasteiger partial charge in [0.2, 0.25) is 5.91 Å². The summed E-state index contributed by atoms with van der Waals surface area (Å²) in [5.41, 5.74) is -0.0787. The van der Waals surface area contributed by atoms with Gasteiger partial charge in [-0.2, -0.15) is 0 Å². The molecule has 82 valence electrons. The van der Waals surface area contributed by atoms with Crippen molar-refractivity contribution in [2.24, 2.45) is 5.41 Å². The summed E-state index contributed by atoms with van der Waals surface area (Å²) < 4.78 is 0. The smallest absolute Gasteiger partial charge is 0.220 e. The van der Waals surface area contributed by atoms with E-state index in [1.54, 1.807) is 0 Å². The highest BCUT2D eigenvalue weighted by molar-refractivity contribution is 5.76. The van der Waals surface area contributed by atoms with Gasteiger partial charge < -0.3 is 5.32 Å². The third kappa shape index (κ3) is 6.70. The fourth-order valence-corrected chi connectivity index (χ4v) is 1.02. The van der Waals surface area contributed by atoms with Gasteiger partial charge in [-0.1, -0.05) is 19.9 Å². The van der Waals surface area contributed by atoms with Crippen LogP contribution in [0.1, 0.15) is 47.5 Å². The Hall–Kier alpha value is -0.790. The van der Waals surface area contributed by atoms with Crippen molar-refractivity contribution in [1.29, 1.82) is 0 Å². The number of allylic oxidation sites excluding steroid dienone is 1. The highest BCUT2D eigenvalue weighted by Gasteiger charge is 2.18. The maximum absolute atomic E-state index is 11.5. The highest BCUT2D eigenvalue weighted by Crippen LogP contribution is 2.23. The first-order valence-electron chi connectivity index (χ1n) is 5.11. The van der Waals surface area contributed by atoms with E-state index in [1.807, 2.05) is 26.8 Å². The van der Waals surface area contributed by atoms with Crippen LogP contribution in [0.25, 0.3) is 0 Å². The Morgan fingerprint density at radius 2 is 1.79 bits per heavy atom. The molecule has 0 aliphatic rings. The lowest BCUT2D eigenvalue weighted by Gasteiger charge is -2.23. The monoisotopic (exact) mass is 197 g/mol. The van der Waals surface area contributed by atoms with E-state index in [9.17, 15) is 4.79 Å². The lowest BCUT2D eigenvalue weighted by atomic mass is 9.88. The average molecular weight is 197 g/mol. The molecule has 1 N–H and O–H groups in total. The van der Waals surface area contributed by atoms with E-state index in [4.69, 9.17) is 0 Å². The van der Waals surface area contributed by atoms with Crippen molar-refractivity contribution in [2.75, 3.05) is 0 Å². The van der Waals surface area contributed by atoms with Crippen molar-refractivity contribution < 1.29 is 4.79 Å². The third-order valence-corrected chi connectivity index (χ3v) is 2.06. The SMILES string of the molecule is C=CC(C)(C)CCC(=O)NC(C)(C)C. The van der Waals surface area contributed by atoms with Crippen LogP contribution in [0.3, 0.4) is 0 Å². The number of amides is 1. The molecule has 0 aliphatic carbocycles. The quantitative estimate of drug-likeness (QED) is 0.690. The zero-order valence-electron chi connectivity index (χ0n) is 10.1. The number of rotatable bonds is 4. The summed E-state index contributed by atoms with van der Waals surface area (Å²) in [4.78, 5) is 11.5. The summed E-state index contributed by atoms with van der Waals surface area (Å²) in [6.45, 7) is 13.9. The molecule has 0 aromatic carbocycles. The summed E-state index contributed by atoms with van der Waals surface area (Å²) in [5, 5.41) is 2.94. The van der Waals surface area contributed by atoms with Crippen molar-refractivity contribution in [3.05, 3.63) is 12.7 Å². The van der Waals surface area contributed by atoms with E-state index < -0.39 is 0 Å². The minimum Gasteiger partial charge on any atom is -0.352 e. The third-order valence-electron chi connectivity index (χ3n) is 2.06. The Bertz CT molecular complexity index is 211. The first-order chi connectivity index (χ1) is 6.16. The molecule has 1 amide bonds. The van der Waals surface area contributed by atoms with E-state index in [2.05, 4.69) is 25.7 Å². The molecule has 0 atom stereocenters. The van der Waals surface area contributed by atoms with Crippen LogP contribution in [0.15, 0.2) is 12.7 Å². The molecule has 0 aliphatic heterocycles. The Kier molecular flexibility index (Phi) is 4.37. The largest absolute Gasteiger partial charge is 0.352 e. The van der Waals surface area contributed by atoms with Gasteiger partial charge in [0.1, 0.15) is 0 Å². The number of hydrogen-bond donors (Lipinski definition) is 1. The van der Waals surface area contributed by atoms with Gasteiger partial charge in [-0.05, 0) is 32.6 Å². The molecule has 0 heterocycles. The minimum atomic E-state index is -0.130. The van der Waals surface area contributed by atoms with E-state index in [-0.39, 0.29) is 16.9 Å². The molecular formula is C12H23NO. The molecule has 0 saturated carbocycles. The number of hydrogen-bond acceptors (Lipinski definition) is 1. The zero-order chi connectivity index (χ0) is 11.4. The van der Waals surface area contributed by atoms with Gasteiger partial charge >= 0.3 is 0 Å². The number of carbonyl (C=O) groups excluding carboxylic acids is 1. The van der Waals surface area contributed by atoms with Crippen LogP contribution in [0, 0.1) is 5.41 Å². The second kappa shape index (κ2) is 4.63. The van der Waals surface area contributed by atoms with Crippen molar-refractivity contribution in [1.82, 2.24) is 5.32 Å². The standard InChI is InChI=1S/C12H23NO/c1-7-12(5,6)9-8-10(14)13-11(2,3)4/h7H,1,8-9H2,2-6H3,(H,13,14). The van der Waals surface area contributed by atoms with Gasteiger partial charge in [0, 0.05) is 12.0 Å². The second-order valence-electron chi connectivity index (χ2n) is 5.49. The van der Waals surface area contributed by atoms with Crippen molar-refractivity contribution in [3.63, 3.8) is 0 Å². The summed E-state index contributed by atoms with van der Waals surface area (Å²) >= 11 is 0. The van der Waals surface area contributed by atoms with Crippen molar-refractivity contribution >= 4 is 5.91 Å². The van der Waals surface area contributed by atoms with Crippen LogP contribution >= 0.6 is 0 Å². The first-order valence-corrected chi connectivity index (χ1v) is 5.11. The summed E-state index contributed by atoms with van der Waals surface area (Å²) in [6, 6.07) is 0. The van der Waals surface area contributed by atoms with Crippen LogP contribution in [0.2, 0.25) is 0 Å². The Balaban J connectivity index is 3.93. The van der Waals surface area contributed by atoms with Gasteiger partial charge in [0.05, 0.1) is 0 Å². The maximum Gasteiger partial charge on any atom is 0.220 e. The van der Waals surface area contributed by atoms with E-state index in [0.717, 1.165) is 6.42 Å². The fourth-order valence-electron chi connectivity index (χ4n) is 1.02. The van der Waals surface area contributed by atoms with Crippen LogP contribution in [-0.2, 0) is 4.79 Å². The fraction of sp³-hybridized carbons (Fsp3) is 0.750. The van der Waals surface area contributed by atoms with Gasteiger partial charge in [0.25, 0.3) is 0 Å². The predicted octanol–water partition coefficient (Wildman–Crippen LogP) is 2.89.